The van der Waals surface area contributed by atoms with E-state index >= 15 is 0 Å². The van der Waals surface area contributed by atoms with Crippen LogP contribution in [-0.4, -0.2) is 30.1 Å². The Hall–Kier alpha value is -3.85. The molecule has 0 atom stereocenters. The number of rotatable bonds is 4. The van der Waals surface area contributed by atoms with E-state index < -0.39 is 5.97 Å². The fraction of sp³-hybridized carbons (Fsp3) is 0.0952. The van der Waals surface area contributed by atoms with Crippen LogP contribution in [0.5, 0.6) is 0 Å². The van der Waals surface area contributed by atoms with Crippen LogP contribution in [0.25, 0.3) is 21.7 Å². The number of pyridine rings is 1. The molecule has 0 saturated carbocycles. The number of aryl methyl sites for hydroxylation is 1. The van der Waals surface area contributed by atoms with Gasteiger partial charge in [-0.2, -0.15) is 5.10 Å². The van der Waals surface area contributed by atoms with E-state index in [1.54, 1.807) is 22.3 Å². The molecule has 9 heteroatoms. The summed E-state index contributed by atoms with van der Waals surface area (Å²) in [6.45, 7) is 1.78. The van der Waals surface area contributed by atoms with E-state index in [1.165, 1.54) is 21.8 Å². The van der Waals surface area contributed by atoms with Gasteiger partial charge in [0.15, 0.2) is 16.3 Å². The van der Waals surface area contributed by atoms with E-state index in [9.17, 15) is 9.59 Å². The third kappa shape index (κ3) is 3.15. The van der Waals surface area contributed by atoms with Crippen molar-refractivity contribution in [3.63, 3.8) is 0 Å². The molecular formula is C21H15N5O3S. The number of hydrogen-bond acceptors (Lipinski definition) is 7. The van der Waals surface area contributed by atoms with Crippen LogP contribution in [0.2, 0.25) is 0 Å². The first-order chi connectivity index (χ1) is 14.6. The molecule has 0 spiro atoms. The van der Waals surface area contributed by atoms with Gasteiger partial charge in [-0.05, 0) is 31.2 Å². The highest BCUT2D eigenvalue weighted by Gasteiger charge is 2.16. The topological polar surface area (TPSA) is 91.4 Å². The molecule has 4 aromatic heterocycles. The highest BCUT2D eigenvalue weighted by atomic mass is 32.1. The highest BCUT2D eigenvalue weighted by Crippen LogP contribution is 2.21. The molecule has 4 heterocycles. The molecule has 0 radical (unpaired) electrons. The van der Waals surface area contributed by atoms with Gasteiger partial charge in [-0.3, -0.25) is 9.20 Å². The molecule has 0 saturated heterocycles. The largest absolute Gasteiger partial charge is 0.454 e. The summed E-state index contributed by atoms with van der Waals surface area (Å²) in [4.78, 5) is 34.0. The molecule has 0 aliphatic rings. The van der Waals surface area contributed by atoms with Crippen LogP contribution in [0, 0.1) is 6.92 Å². The maximum atomic E-state index is 12.6. The van der Waals surface area contributed by atoms with Gasteiger partial charge in [0, 0.05) is 23.0 Å². The van der Waals surface area contributed by atoms with Gasteiger partial charge >= 0.3 is 5.97 Å². The Balaban J connectivity index is 1.44. The predicted molar refractivity (Wildman–Crippen MR) is 112 cm³/mol. The number of carbonyl (C=O) groups excluding carboxylic acids is 1. The van der Waals surface area contributed by atoms with Crippen molar-refractivity contribution in [2.24, 2.45) is 0 Å². The summed E-state index contributed by atoms with van der Waals surface area (Å²) >= 11 is 1.34. The second kappa shape index (κ2) is 7.20. The summed E-state index contributed by atoms with van der Waals surface area (Å²) in [5.74, 6) is -0.594. The lowest BCUT2D eigenvalue weighted by Gasteiger charge is -2.06. The average Bonchev–Trinajstić information content (AvgIpc) is 3.37. The first-order valence-electron chi connectivity index (χ1n) is 9.15. The van der Waals surface area contributed by atoms with Gasteiger partial charge in [0.25, 0.3) is 5.56 Å². The summed E-state index contributed by atoms with van der Waals surface area (Å²) in [6.07, 6.45) is 1.65. The molecule has 0 aliphatic carbocycles. The van der Waals surface area contributed by atoms with Gasteiger partial charge in [-0.25, -0.2) is 19.4 Å². The van der Waals surface area contributed by atoms with E-state index in [0.29, 0.717) is 16.3 Å². The van der Waals surface area contributed by atoms with Crippen LogP contribution >= 0.6 is 11.3 Å². The van der Waals surface area contributed by atoms with E-state index in [2.05, 4.69) is 15.1 Å². The van der Waals surface area contributed by atoms with Crippen molar-refractivity contribution < 1.29 is 9.53 Å². The number of nitrogens with zero attached hydrogens (tertiary/aromatic N) is 5. The van der Waals surface area contributed by atoms with Gasteiger partial charge in [-0.1, -0.05) is 18.2 Å². The molecule has 5 aromatic rings. The number of esters is 1. The number of aromatic nitrogens is 5. The Morgan fingerprint density at radius 3 is 2.80 bits per heavy atom. The maximum Gasteiger partial charge on any atom is 0.357 e. The quantitative estimate of drug-likeness (QED) is 0.417. The van der Waals surface area contributed by atoms with Crippen molar-refractivity contribution in [1.82, 2.24) is 24.1 Å². The molecule has 1 aromatic carbocycles. The van der Waals surface area contributed by atoms with Gasteiger partial charge in [0.2, 0.25) is 0 Å². The summed E-state index contributed by atoms with van der Waals surface area (Å²) in [6, 6.07) is 14.4. The zero-order valence-electron chi connectivity index (χ0n) is 15.8. The molecule has 148 valence electrons. The molecule has 0 fully saturated rings. The normalized spacial score (nSPS) is 11.2. The fourth-order valence-electron chi connectivity index (χ4n) is 3.18. The minimum absolute atomic E-state index is 0.112. The Labute approximate surface area is 174 Å². The van der Waals surface area contributed by atoms with Crippen LogP contribution in [-0.2, 0) is 11.3 Å². The lowest BCUT2D eigenvalue weighted by atomic mass is 10.2. The molecule has 5 rings (SSSR count). The van der Waals surface area contributed by atoms with Crippen LogP contribution in [0.1, 0.15) is 21.9 Å². The minimum atomic E-state index is -0.594. The fourth-order valence-corrected chi connectivity index (χ4v) is 3.92. The van der Waals surface area contributed by atoms with E-state index in [1.807, 2.05) is 43.3 Å². The molecule has 0 unspecified atom stereocenters. The zero-order chi connectivity index (χ0) is 20.7. The monoisotopic (exact) mass is 417 g/mol. The van der Waals surface area contributed by atoms with Crippen LogP contribution in [0.4, 0.5) is 0 Å². The molecular weight excluding hydrogens is 402 g/mol. The number of hydrogen-bond donors (Lipinski definition) is 0. The number of thiazole rings is 1. The van der Waals surface area contributed by atoms with Crippen LogP contribution in [0.15, 0.2) is 64.9 Å². The van der Waals surface area contributed by atoms with Gasteiger partial charge in [0.05, 0.1) is 17.1 Å². The van der Waals surface area contributed by atoms with Crippen molar-refractivity contribution in [1.29, 1.82) is 0 Å². The first kappa shape index (κ1) is 18.2. The summed E-state index contributed by atoms with van der Waals surface area (Å²) in [5.41, 5.74) is 2.58. The van der Waals surface area contributed by atoms with Gasteiger partial charge < -0.3 is 4.74 Å². The van der Waals surface area contributed by atoms with E-state index in [4.69, 9.17) is 4.74 Å². The summed E-state index contributed by atoms with van der Waals surface area (Å²) in [5, 5.41) is 7.17. The minimum Gasteiger partial charge on any atom is -0.454 e. The Morgan fingerprint density at radius 1 is 1.13 bits per heavy atom. The Morgan fingerprint density at radius 2 is 1.97 bits per heavy atom. The van der Waals surface area contributed by atoms with Crippen molar-refractivity contribution in [3.8, 4) is 5.69 Å². The molecule has 0 N–H and O–H groups in total. The number of ether oxygens (including phenoxy) is 1. The number of benzene rings is 1. The first-order valence-corrected chi connectivity index (χ1v) is 10.0. The van der Waals surface area contributed by atoms with Gasteiger partial charge in [-0.15, -0.1) is 11.3 Å². The van der Waals surface area contributed by atoms with Crippen molar-refractivity contribution >= 4 is 33.3 Å². The second-order valence-corrected chi connectivity index (χ2v) is 7.49. The van der Waals surface area contributed by atoms with Crippen molar-refractivity contribution in [2.75, 3.05) is 0 Å². The van der Waals surface area contributed by atoms with Gasteiger partial charge in [0.1, 0.15) is 6.61 Å². The molecule has 0 aliphatic heterocycles. The molecule has 0 bridgehead atoms. The number of para-hydroxylation sites is 1. The standard InChI is InChI=1S/C21H15N5O3S/c1-13-16-7-8-17(23-19(16)26(24-13)15-5-3-2-4-6-15)20(28)29-12-14-11-18(27)25-9-10-30-21(25)22-14/h2-11H,12H2,1H3. The Kier molecular flexibility index (Phi) is 4.36. The second-order valence-electron chi connectivity index (χ2n) is 6.62. The van der Waals surface area contributed by atoms with E-state index in [0.717, 1.165) is 16.8 Å². The molecule has 8 nitrogen and oxygen atoms in total. The van der Waals surface area contributed by atoms with Crippen LogP contribution < -0.4 is 5.56 Å². The summed E-state index contributed by atoms with van der Waals surface area (Å²) in [7, 11) is 0. The van der Waals surface area contributed by atoms with Crippen molar-refractivity contribution in [3.05, 3.63) is 87.5 Å². The van der Waals surface area contributed by atoms with E-state index in [-0.39, 0.29) is 17.9 Å². The van der Waals surface area contributed by atoms with Crippen molar-refractivity contribution in [2.45, 2.75) is 13.5 Å². The maximum absolute atomic E-state index is 12.6. The molecule has 30 heavy (non-hydrogen) atoms. The smallest absolute Gasteiger partial charge is 0.357 e. The van der Waals surface area contributed by atoms with Crippen LogP contribution in [0.3, 0.4) is 0 Å². The lowest BCUT2D eigenvalue weighted by molar-refractivity contribution is 0.0461. The third-order valence-electron chi connectivity index (χ3n) is 4.63. The lowest BCUT2D eigenvalue weighted by Crippen LogP contribution is -2.15. The number of fused-ring (bicyclic) bond motifs is 2. The zero-order valence-corrected chi connectivity index (χ0v) is 16.7. The number of carbonyl (C=O) groups is 1. The SMILES string of the molecule is Cc1nn(-c2ccccc2)c2nc(C(=O)OCc3cc(=O)n4ccsc4n3)ccc12. The average molecular weight is 417 g/mol. The summed E-state index contributed by atoms with van der Waals surface area (Å²) < 4.78 is 8.50. The highest BCUT2D eigenvalue weighted by molar-refractivity contribution is 7.15. The Bertz CT molecular complexity index is 1450. The third-order valence-corrected chi connectivity index (χ3v) is 5.39. The predicted octanol–water partition coefficient (Wildman–Crippen LogP) is 3.16. The molecule has 0 amide bonds.